The van der Waals surface area contributed by atoms with Crippen molar-refractivity contribution in [2.45, 2.75) is 26.3 Å². The summed E-state index contributed by atoms with van der Waals surface area (Å²) in [6.45, 7) is 5.89. The summed E-state index contributed by atoms with van der Waals surface area (Å²) in [6, 6.07) is -0.0679. The quantitative estimate of drug-likeness (QED) is 0.786. The number of piperazine rings is 1. The van der Waals surface area contributed by atoms with Crippen LogP contribution in [0.1, 0.15) is 20.3 Å². The lowest BCUT2D eigenvalue weighted by molar-refractivity contribution is -0.122. The number of hydrogen-bond acceptors (Lipinski definition) is 7. The molecule has 1 amide bonds. The maximum Gasteiger partial charge on any atom is 0.322 e. The molecule has 1 unspecified atom stereocenters. The van der Waals surface area contributed by atoms with Crippen molar-refractivity contribution in [1.82, 2.24) is 20.3 Å². The first-order chi connectivity index (χ1) is 9.65. The van der Waals surface area contributed by atoms with Gasteiger partial charge in [0.1, 0.15) is 6.04 Å². The smallest absolute Gasteiger partial charge is 0.322 e. The number of aromatic nitrogens is 3. The average molecular weight is 280 g/mol. The molecule has 2 heterocycles. The Labute approximate surface area is 118 Å². The molecule has 1 fully saturated rings. The molecule has 1 aliphatic heterocycles. The molecular weight excluding hydrogens is 260 g/mol. The third kappa shape index (κ3) is 3.06. The predicted octanol–water partition coefficient (Wildman–Crippen LogP) is 0.0268. The highest BCUT2D eigenvalue weighted by Crippen LogP contribution is 2.18. The number of carbonyl (C=O) groups is 1. The number of amides is 1. The van der Waals surface area contributed by atoms with E-state index in [0.29, 0.717) is 25.0 Å². The summed E-state index contributed by atoms with van der Waals surface area (Å²) in [5.74, 6) is 0.892. The number of rotatable bonds is 5. The summed E-state index contributed by atoms with van der Waals surface area (Å²) in [5.41, 5.74) is 0. The highest BCUT2D eigenvalue weighted by Gasteiger charge is 2.28. The van der Waals surface area contributed by atoms with Gasteiger partial charge in [-0.25, -0.2) is 0 Å². The lowest BCUT2D eigenvalue weighted by Crippen LogP contribution is -2.54. The number of hydrogen-bond donors (Lipinski definition) is 2. The molecule has 2 N–H and O–H groups in total. The van der Waals surface area contributed by atoms with Gasteiger partial charge in [0.2, 0.25) is 17.8 Å². The number of ether oxygens (including phenoxy) is 1. The molecule has 0 radical (unpaired) electrons. The van der Waals surface area contributed by atoms with Crippen molar-refractivity contribution in [2.75, 3.05) is 37.0 Å². The van der Waals surface area contributed by atoms with Gasteiger partial charge in [-0.3, -0.25) is 4.79 Å². The zero-order valence-electron chi connectivity index (χ0n) is 12.0. The molecule has 110 valence electrons. The fourth-order valence-electron chi connectivity index (χ4n) is 1.94. The first-order valence-electron chi connectivity index (χ1n) is 6.74. The predicted molar refractivity (Wildman–Crippen MR) is 75.0 cm³/mol. The third-order valence-electron chi connectivity index (χ3n) is 3.07. The lowest BCUT2D eigenvalue weighted by Gasteiger charge is -2.32. The normalized spacial score (nSPS) is 18.6. The molecule has 0 bridgehead atoms. The minimum absolute atomic E-state index is 0.0290. The molecule has 8 nitrogen and oxygen atoms in total. The van der Waals surface area contributed by atoms with E-state index in [1.165, 1.54) is 7.11 Å². The monoisotopic (exact) mass is 280 g/mol. The van der Waals surface area contributed by atoms with Crippen molar-refractivity contribution < 1.29 is 9.53 Å². The van der Waals surface area contributed by atoms with E-state index in [1.54, 1.807) is 0 Å². The second-order valence-corrected chi connectivity index (χ2v) is 4.53. The third-order valence-corrected chi connectivity index (χ3v) is 3.07. The number of carbonyl (C=O) groups excluding carboxylic acids is 1. The first kappa shape index (κ1) is 14.3. The van der Waals surface area contributed by atoms with Crippen molar-refractivity contribution in [3.8, 4) is 6.01 Å². The molecule has 1 saturated heterocycles. The molecule has 0 saturated carbocycles. The van der Waals surface area contributed by atoms with Crippen LogP contribution >= 0.6 is 0 Å². The summed E-state index contributed by atoms with van der Waals surface area (Å²) < 4.78 is 5.10. The first-order valence-corrected chi connectivity index (χ1v) is 6.74. The number of nitrogens with one attached hydrogen (secondary N) is 2. The minimum Gasteiger partial charge on any atom is -0.467 e. The zero-order chi connectivity index (χ0) is 14.5. The SMILES string of the molecule is CCCNc1nc(OC)nc(N2CCNC(=O)C2C)n1. The Morgan fingerprint density at radius 1 is 1.45 bits per heavy atom. The van der Waals surface area contributed by atoms with E-state index in [-0.39, 0.29) is 18.0 Å². The van der Waals surface area contributed by atoms with Gasteiger partial charge in [0, 0.05) is 19.6 Å². The second-order valence-electron chi connectivity index (χ2n) is 4.53. The molecule has 0 aliphatic carbocycles. The van der Waals surface area contributed by atoms with Crippen molar-refractivity contribution in [1.29, 1.82) is 0 Å². The largest absolute Gasteiger partial charge is 0.467 e. The molecule has 1 aromatic rings. The van der Waals surface area contributed by atoms with E-state index in [4.69, 9.17) is 4.74 Å². The van der Waals surface area contributed by atoms with Gasteiger partial charge in [-0.05, 0) is 13.3 Å². The van der Waals surface area contributed by atoms with Crippen molar-refractivity contribution in [2.24, 2.45) is 0 Å². The molecule has 8 heteroatoms. The van der Waals surface area contributed by atoms with Crippen LogP contribution in [0.5, 0.6) is 6.01 Å². The van der Waals surface area contributed by atoms with E-state index < -0.39 is 0 Å². The molecule has 1 atom stereocenters. The number of anilines is 2. The van der Waals surface area contributed by atoms with Crippen LogP contribution in [0.4, 0.5) is 11.9 Å². The molecule has 0 spiro atoms. The standard InChI is InChI=1S/C12H20N6O2/c1-4-5-14-10-15-11(17-12(16-10)20-3)18-7-6-13-9(19)8(18)2/h8H,4-7H2,1-3H3,(H,13,19)(H,14,15,16,17). The van der Waals surface area contributed by atoms with Crippen molar-refractivity contribution in [3.05, 3.63) is 0 Å². The summed E-state index contributed by atoms with van der Waals surface area (Å²) in [7, 11) is 1.51. The van der Waals surface area contributed by atoms with Crippen LogP contribution in [0.3, 0.4) is 0 Å². The molecular formula is C12H20N6O2. The Hall–Kier alpha value is -2.12. The summed E-state index contributed by atoms with van der Waals surface area (Å²) in [5, 5.41) is 5.92. The zero-order valence-corrected chi connectivity index (χ0v) is 12.0. The van der Waals surface area contributed by atoms with Gasteiger partial charge in [-0.1, -0.05) is 6.92 Å². The van der Waals surface area contributed by atoms with Gasteiger partial charge in [-0.15, -0.1) is 0 Å². The van der Waals surface area contributed by atoms with Crippen LogP contribution in [0.15, 0.2) is 0 Å². The summed E-state index contributed by atoms with van der Waals surface area (Å²) in [4.78, 5) is 26.3. The van der Waals surface area contributed by atoms with Crippen molar-refractivity contribution in [3.63, 3.8) is 0 Å². The molecule has 20 heavy (non-hydrogen) atoms. The highest BCUT2D eigenvalue weighted by molar-refractivity contribution is 5.85. The van der Waals surface area contributed by atoms with Crippen LogP contribution in [0.25, 0.3) is 0 Å². The van der Waals surface area contributed by atoms with Crippen LogP contribution in [-0.2, 0) is 4.79 Å². The van der Waals surface area contributed by atoms with Gasteiger partial charge < -0.3 is 20.3 Å². The van der Waals surface area contributed by atoms with Crippen LogP contribution < -0.4 is 20.3 Å². The second kappa shape index (κ2) is 6.36. The average Bonchev–Trinajstić information content (AvgIpc) is 2.47. The summed E-state index contributed by atoms with van der Waals surface area (Å²) in [6.07, 6.45) is 0.964. The van der Waals surface area contributed by atoms with Gasteiger partial charge in [-0.2, -0.15) is 15.0 Å². The molecule has 0 aromatic carbocycles. The molecule has 1 aromatic heterocycles. The van der Waals surface area contributed by atoms with E-state index in [9.17, 15) is 4.79 Å². The van der Waals surface area contributed by atoms with Gasteiger partial charge in [0.05, 0.1) is 7.11 Å². The van der Waals surface area contributed by atoms with Crippen LogP contribution in [-0.4, -0.2) is 53.6 Å². The van der Waals surface area contributed by atoms with Gasteiger partial charge in [0.15, 0.2) is 0 Å². The number of nitrogens with zero attached hydrogens (tertiary/aromatic N) is 4. The van der Waals surface area contributed by atoms with Gasteiger partial charge >= 0.3 is 6.01 Å². The Kier molecular flexibility index (Phi) is 4.54. The van der Waals surface area contributed by atoms with Crippen LogP contribution in [0, 0.1) is 0 Å². The van der Waals surface area contributed by atoms with Gasteiger partial charge in [0.25, 0.3) is 0 Å². The van der Waals surface area contributed by atoms with E-state index in [2.05, 4.69) is 32.5 Å². The Morgan fingerprint density at radius 2 is 2.25 bits per heavy atom. The fraction of sp³-hybridized carbons (Fsp3) is 0.667. The topological polar surface area (TPSA) is 92.3 Å². The van der Waals surface area contributed by atoms with E-state index in [0.717, 1.165) is 13.0 Å². The fourth-order valence-corrected chi connectivity index (χ4v) is 1.94. The minimum atomic E-state index is -0.310. The Balaban J connectivity index is 2.27. The van der Waals surface area contributed by atoms with E-state index >= 15 is 0 Å². The lowest BCUT2D eigenvalue weighted by atomic mass is 10.2. The van der Waals surface area contributed by atoms with E-state index in [1.807, 2.05) is 11.8 Å². The molecule has 2 rings (SSSR count). The summed E-state index contributed by atoms with van der Waals surface area (Å²) >= 11 is 0. The molecule has 1 aliphatic rings. The Morgan fingerprint density at radius 3 is 2.95 bits per heavy atom. The maximum atomic E-state index is 11.7. The highest BCUT2D eigenvalue weighted by atomic mass is 16.5. The Bertz CT molecular complexity index is 481. The number of methoxy groups -OCH3 is 1. The van der Waals surface area contributed by atoms with Crippen molar-refractivity contribution >= 4 is 17.8 Å². The van der Waals surface area contributed by atoms with Crippen LogP contribution in [0.2, 0.25) is 0 Å². The maximum absolute atomic E-state index is 11.7.